The van der Waals surface area contributed by atoms with E-state index in [0.717, 1.165) is 5.41 Å². The Labute approximate surface area is 130 Å². The van der Waals surface area contributed by atoms with Gasteiger partial charge < -0.3 is 4.90 Å². The van der Waals surface area contributed by atoms with Gasteiger partial charge in [-0.15, -0.1) is 0 Å². The summed E-state index contributed by atoms with van der Waals surface area (Å²) in [5.74, 6) is -0.336. The number of nitrogens with zero attached hydrogens (tertiary/aromatic N) is 1. The van der Waals surface area contributed by atoms with Gasteiger partial charge in [-0.1, -0.05) is 29.8 Å². The molecule has 1 amide bonds. The van der Waals surface area contributed by atoms with Crippen LogP contribution in [0.4, 0.5) is 0 Å². The number of likely N-dealkylation sites (N-methyl/N-ethyl adjacent to an activating group) is 1. The molecule has 0 saturated carbocycles. The molecule has 0 aliphatic heterocycles. The molecule has 0 aliphatic carbocycles. The predicted octanol–water partition coefficient (Wildman–Crippen LogP) is 2.10. The van der Waals surface area contributed by atoms with Crippen LogP contribution in [-0.2, 0) is 14.8 Å². The smallest absolute Gasteiger partial charge is 0.242 e. The molecule has 0 bridgehead atoms. The average Bonchev–Trinajstić information content (AvgIpc) is 2.35. The van der Waals surface area contributed by atoms with Crippen LogP contribution < -0.4 is 4.72 Å². The van der Waals surface area contributed by atoms with E-state index in [1.165, 1.54) is 24.8 Å². The Balaban J connectivity index is 2.93. The van der Waals surface area contributed by atoms with Crippen LogP contribution in [0, 0.1) is 0 Å². The van der Waals surface area contributed by atoms with Gasteiger partial charge in [0.1, 0.15) is 5.54 Å². The van der Waals surface area contributed by atoms with E-state index in [9.17, 15) is 13.2 Å². The van der Waals surface area contributed by atoms with Crippen molar-refractivity contribution in [1.82, 2.24) is 9.62 Å². The van der Waals surface area contributed by atoms with Crippen molar-refractivity contribution in [2.75, 3.05) is 14.1 Å². The van der Waals surface area contributed by atoms with E-state index >= 15 is 0 Å². The molecule has 1 rings (SSSR count). The Kier molecular flexibility index (Phi) is 5.55. The highest BCUT2D eigenvalue weighted by Gasteiger charge is 2.32. The van der Waals surface area contributed by atoms with E-state index in [-0.39, 0.29) is 5.91 Å². The number of rotatable bonds is 5. The molecule has 0 aliphatic rings. The minimum absolute atomic E-state index is 0.336. The number of carbonyl (C=O) groups excluding carboxylic acids is 1. The van der Waals surface area contributed by atoms with Crippen molar-refractivity contribution in [3.05, 3.63) is 40.3 Å². The van der Waals surface area contributed by atoms with Crippen LogP contribution in [0.1, 0.15) is 19.4 Å². The average molecular weight is 331 g/mol. The summed E-state index contributed by atoms with van der Waals surface area (Å²) >= 11 is 5.95. The molecule has 0 saturated heterocycles. The second kappa shape index (κ2) is 6.60. The molecule has 1 aromatic carbocycles. The summed E-state index contributed by atoms with van der Waals surface area (Å²) in [6.45, 7) is 3.02. The van der Waals surface area contributed by atoms with E-state index in [1.807, 2.05) is 0 Å². The van der Waals surface area contributed by atoms with Gasteiger partial charge in [-0.2, -0.15) is 4.72 Å². The third-order valence-electron chi connectivity index (χ3n) is 2.67. The zero-order chi connectivity index (χ0) is 16.3. The van der Waals surface area contributed by atoms with Crippen LogP contribution in [0.3, 0.4) is 0 Å². The lowest BCUT2D eigenvalue weighted by atomic mass is 10.1. The number of nitrogens with one attached hydrogen (secondary N) is 1. The summed E-state index contributed by atoms with van der Waals surface area (Å²) in [7, 11) is -0.635. The Morgan fingerprint density at radius 1 is 1.29 bits per heavy atom. The highest BCUT2D eigenvalue weighted by molar-refractivity contribution is 7.92. The second-order valence-electron chi connectivity index (χ2n) is 5.30. The molecule has 7 heteroatoms. The summed E-state index contributed by atoms with van der Waals surface area (Å²) in [6, 6.07) is 6.88. The van der Waals surface area contributed by atoms with Gasteiger partial charge in [0.15, 0.2) is 0 Å². The van der Waals surface area contributed by atoms with E-state index < -0.39 is 15.6 Å². The molecule has 5 nitrogen and oxygen atoms in total. The van der Waals surface area contributed by atoms with Gasteiger partial charge >= 0.3 is 0 Å². The standard InChI is InChI=1S/C14H19ClN2O3S/c1-14(2,13(18)17(3)4)16-21(19,20)10-9-11-7-5-6-8-12(11)15/h5-10,16H,1-4H3. The molecule has 0 fully saturated rings. The number of sulfonamides is 1. The van der Waals surface area contributed by atoms with Crippen LogP contribution >= 0.6 is 11.6 Å². The van der Waals surface area contributed by atoms with Crippen molar-refractivity contribution < 1.29 is 13.2 Å². The fourth-order valence-electron chi connectivity index (χ4n) is 1.77. The van der Waals surface area contributed by atoms with Crippen molar-refractivity contribution in [1.29, 1.82) is 0 Å². The van der Waals surface area contributed by atoms with Crippen molar-refractivity contribution in [3.63, 3.8) is 0 Å². The first-order valence-corrected chi connectivity index (χ1v) is 8.16. The molecule has 0 heterocycles. The third-order valence-corrected chi connectivity index (χ3v) is 4.30. The first-order chi connectivity index (χ1) is 9.55. The minimum Gasteiger partial charge on any atom is -0.347 e. The first kappa shape index (κ1) is 17.7. The predicted molar refractivity (Wildman–Crippen MR) is 85.3 cm³/mol. The molecule has 116 valence electrons. The summed E-state index contributed by atoms with van der Waals surface area (Å²) in [5, 5.41) is 1.45. The van der Waals surface area contributed by atoms with Gasteiger partial charge in [0.05, 0.1) is 0 Å². The number of amides is 1. The third kappa shape index (κ3) is 5.15. The largest absolute Gasteiger partial charge is 0.347 e. The summed E-state index contributed by atoms with van der Waals surface area (Å²) in [4.78, 5) is 13.3. The van der Waals surface area contributed by atoms with Crippen LogP contribution in [0.25, 0.3) is 6.08 Å². The lowest BCUT2D eigenvalue weighted by Crippen LogP contribution is -2.53. The summed E-state index contributed by atoms with van der Waals surface area (Å²) in [6.07, 6.45) is 1.39. The SMILES string of the molecule is CN(C)C(=O)C(C)(C)NS(=O)(=O)C=Cc1ccccc1Cl. The number of halogens is 1. The number of hydrogen-bond acceptors (Lipinski definition) is 3. The quantitative estimate of drug-likeness (QED) is 0.899. The van der Waals surface area contributed by atoms with Gasteiger partial charge in [0.25, 0.3) is 0 Å². The molecule has 0 spiro atoms. The molecule has 0 atom stereocenters. The lowest BCUT2D eigenvalue weighted by Gasteiger charge is -2.27. The van der Waals surface area contributed by atoms with Crippen molar-refractivity contribution in [2.45, 2.75) is 19.4 Å². The molecular formula is C14H19ClN2O3S. The minimum atomic E-state index is -3.77. The Morgan fingerprint density at radius 2 is 1.86 bits per heavy atom. The Bertz CT molecular complexity index is 652. The van der Waals surface area contributed by atoms with E-state index in [2.05, 4.69) is 4.72 Å². The van der Waals surface area contributed by atoms with Gasteiger partial charge in [0, 0.05) is 24.5 Å². The fraction of sp³-hybridized carbons (Fsp3) is 0.357. The highest BCUT2D eigenvalue weighted by Crippen LogP contribution is 2.17. The van der Waals surface area contributed by atoms with Gasteiger partial charge in [0.2, 0.25) is 15.9 Å². The maximum atomic E-state index is 12.0. The molecule has 0 unspecified atom stereocenters. The monoisotopic (exact) mass is 330 g/mol. The van der Waals surface area contributed by atoms with E-state index in [4.69, 9.17) is 11.6 Å². The van der Waals surface area contributed by atoms with Crippen LogP contribution in [0.15, 0.2) is 29.7 Å². The zero-order valence-electron chi connectivity index (χ0n) is 12.4. The molecule has 0 radical (unpaired) electrons. The van der Waals surface area contributed by atoms with Gasteiger partial charge in [-0.25, -0.2) is 8.42 Å². The number of hydrogen-bond donors (Lipinski definition) is 1. The Hall–Kier alpha value is -1.37. The maximum absolute atomic E-state index is 12.0. The molecule has 1 N–H and O–H groups in total. The maximum Gasteiger partial charge on any atom is 0.242 e. The number of carbonyl (C=O) groups is 1. The van der Waals surface area contributed by atoms with E-state index in [1.54, 1.807) is 38.4 Å². The fourth-order valence-corrected chi connectivity index (χ4v) is 3.16. The van der Waals surface area contributed by atoms with Crippen molar-refractivity contribution in [2.24, 2.45) is 0 Å². The topological polar surface area (TPSA) is 66.5 Å². The van der Waals surface area contributed by atoms with Gasteiger partial charge in [-0.3, -0.25) is 4.79 Å². The first-order valence-electron chi connectivity index (χ1n) is 6.23. The van der Waals surface area contributed by atoms with Crippen molar-refractivity contribution >= 4 is 33.6 Å². The van der Waals surface area contributed by atoms with Crippen molar-refractivity contribution in [3.8, 4) is 0 Å². The summed E-state index contributed by atoms with van der Waals surface area (Å²) < 4.78 is 26.4. The van der Waals surface area contributed by atoms with Crippen LogP contribution in [0.5, 0.6) is 0 Å². The highest BCUT2D eigenvalue weighted by atomic mass is 35.5. The van der Waals surface area contributed by atoms with Gasteiger partial charge in [-0.05, 0) is 31.6 Å². The van der Waals surface area contributed by atoms with Crippen LogP contribution in [-0.4, -0.2) is 38.9 Å². The molecule has 1 aromatic rings. The molecule has 0 aromatic heterocycles. The number of benzene rings is 1. The molecular weight excluding hydrogens is 312 g/mol. The van der Waals surface area contributed by atoms with E-state index in [0.29, 0.717) is 10.6 Å². The zero-order valence-corrected chi connectivity index (χ0v) is 14.0. The normalized spacial score (nSPS) is 12.6. The lowest BCUT2D eigenvalue weighted by molar-refractivity contribution is -0.133. The summed E-state index contributed by atoms with van der Waals surface area (Å²) in [5.41, 5.74) is -0.644. The second-order valence-corrected chi connectivity index (χ2v) is 7.27. The Morgan fingerprint density at radius 3 is 2.38 bits per heavy atom. The molecule has 21 heavy (non-hydrogen) atoms. The van der Waals surface area contributed by atoms with Crippen LogP contribution in [0.2, 0.25) is 5.02 Å².